The lowest BCUT2D eigenvalue weighted by atomic mass is 10.1. The third-order valence-corrected chi connectivity index (χ3v) is 4.44. The maximum Gasteiger partial charge on any atom is 0.335 e. The van der Waals surface area contributed by atoms with E-state index in [1.54, 1.807) is 38.4 Å². The van der Waals surface area contributed by atoms with E-state index in [1.165, 1.54) is 10.7 Å². The second-order valence-electron chi connectivity index (χ2n) is 4.41. The Morgan fingerprint density at radius 1 is 1.20 bits per heavy atom. The molecule has 0 bridgehead atoms. The number of aryl methyl sites for hydroxylation is 1. The van der Waals surface area contributed by atoms with Crippen molar-refractivity contribution in [3.8, 4) is 0 Å². The molecule has 106 valence electrons. The van der Waals surface area contributed by atoms with E-state index in [1.807, 2.05) is 0 Å². The Balaban J connectivity index is 2.53. The Morgan fingerprint density at radius 3 is 2.35 bits per heavy atom. The molecule has 0 saturated carbocycles. The summed E-state index contributed by atoms with van der Waals surface area (Å²) in [5.74, 6) is -1.16. The Kier molecular flexibility index (Phi) is 3.54. The van der Waals surface area contributed by atoms with Crippen LogP contribution in [0.2, 0.25) is 0 Å². The second kappa shape index (κ2) is 5.01. The molecule has 2 rings (SSSR count). The van der Waals surface area contributed by atoms with Crippen LogP contribution in [0.3, 0.4) is 0 Å². The number of nitrogens with one attached hydrogen (secondary N) is 1. The molecule has 6 nitrogen and oxygen atoms in total. The number of carboxylic acids is 1. The fourth-order valence-electron chi connectivity index (χ4n) is 1.81. The molecule has 0 atom stereocenters. The molecule has 0 radical (unpaired) electrons. The van der Waals surface area contributed by atoms with Crippen molar-refractivity contribution in [2.45, 2.75) is 18.7 Å². The average molecular weight is 294 g/mol. The number of hydrogen-bond donors (Lipinski definition) is 2. The molecule has 0 saturated heterocycles. The van der Waals surface area contributed by atoms with Crippen LogP contribution in [0, 0.1) is 13.8 Å². The first-order valence-corrected chi connectivity index (χ1v) is 7.30. The molecule has 1 aromatic carbocycles. The zero-order valence-corrected chi connectivity index (χ0v) is 11.8. The molecule has 0 aliphatic carbocycles. The molecule has 1 aromatic heterocycles. The normalized spacial score (nSPS) is 11.3. The van der Waals surface area contributed by atoms with Crippen LogP contribution >= 0.6 is 0 Å². The minimum absolute atomic E-state index is 0.0383. The van der Waals surface area contributed by atoms with E-state index < -0.39 is 16.0 Å². The first kappa shape index (κ1) is 14.1. The third kappa shape index (κ3) is 2.67. The molecule has 0 fully saturated rings. The number of benzene rings is 1. The lowest BCUT2D eigenvalue weighted by molar-refractivity contribution is 0.0696. The summed E-state index contributed by atoms with van der Waals surface area (Å²) in [4.78, 5) is 13.3. The zero-order valence-electron chi connectivity index (χ0n) is 11.0. The largest absolute Gasteiger partial charge is 0.478 e. The minimum atomic E-state index is -3.84. The van der Waals surface area contributed by atoms with Gasteiger partial charge in [0.05, 0.1) is 10.5 Å². The highest BCUT2D eigenvalue weighted by Gasteiger charge is 2.20. The standard InChI is InChI=1S/C13H14N2O4S/c1-9-7-11(13(16)17)8-12(10(9)2)20(18,19)14-15-5-3-4-6-15/h3-8,14H,1-2H3,(H,16,17). The Labute approximate surface area is 116 Å². The van der Waals surface area contributed by atoms with Gasteiger partial charge >= 0.3 is 5.97 Å². The first-order chi connectivity index (χ1) is 9.31. The van der Waals surface area contributed by atoms with E-state index in [-0.39, 0.29) is 10.5 Å². The lowest BCUT2D eigenvalue weighted by Crippen LogP contribution is -2.23. The smallest absolute Gasteiger partial charge is 0.335 e. The summed E-state index contributed by atoms with van der Waals surface area (Å²) in [6, 6.07) is 5.96. The van der Waals surface area contributed by atoms with Gasteiger partial charge in [0, 0.05) is 12.4 Å². The molecule has 20 heavy (non-hydrogen) atoms. The van der Waals surface area contributed by atoms with Crippen molar-refractivity contribution in [3.05, 3.63) is 53.3 Å². The number of sulfonamides is 1. The van der Waals surface area contributed by atoms with Crippen LogP contribution < -0.4 is 4.83 Å². The van der Waals surface area contributed by atoms with Crippen molar-refractivity contribution in [3.63, 3.8) is 0 Å². The van der Waals surface area contributed by atoms with Gasteiger partial charge in [-0.3, -0.25) is 4.68 Å². The highest BCUT2D eigenvalue weighted by molar-refractivity contribution is 7.92. The van der Waals surface area contributed by atoms with E-state index in [0.29, 0.717) is 11.1 Å². The van der Waals surface area contributed by atoms with Crippen LogP contribution in [0.1, 0.15) is 21.5 Å². The van der Waals surface area contributed by atoms with Gasteiger partial charge in [0.25, 0.3) is 10.0 Å². The topological polar surface area (TPSA) is 88.4 Å². The van der Waals surface area contributed by atoms with Crippen LogP contribution in [0.4, 0.5) is 0 Å². The summed E-state index contributed by atoms with van der Waals surface area (Å²) in [7, 11) is -3.84. The minimum Gasteiger partial charge on any atom is -0.478 e. The van der Waals surface area contributed by atoms with E-state index in [4.69, 9.17) is 5.11 Å². The van der Waals surface area contributed by atoms with Crippen molar-refractivity contribution >= 4 is 16.0 Å². The van der Waals surface area contributed by atoms with Gasteiger partial charge in [-0.1, -0.05) is 0 Å². The number of rotatable bonds is 4. The number of nitrogens with zero attached hydrogens (tertiary/aromatic N) is 1. The number of aromatic carboxylic acids is 1. The Hall–Kier alpha value is -2.28. The van der Waals surface area contributed by atoms with Gasteiger partial charge in [-0.2, -0.15) is 8.42 Å². The molecule has 2 N–H and O–H groups in total. The summed E-state index contributed by atoms with van der Waals surface area (Å²) < 4.78 is 25.9. The van der Waals surface area contributed by atoms with E-state index >= 15 is 0 Å². The van der Waals surface area contributed by atoms with Gasteiger partial charge in [-0.25, -0.2) is 9.63 Å². The van der Waals surface area contributed by atoms with Gasteiger partial charge in [0.1, 0.15) is 0 Å². The van der Waals surface area contributed by atoms with Crippen LogP contribution in [0.25, 0.3) is 0 Å². The van der Waals surface area contributed by atoms with Gasteiger partial charge < -0.3 is 5.11 Å². The predicted molar refractivity (Wildman–Crippen MR) is 73.9 cm³/mol. The third-order valence-electron chi connectivity index (χ3n) is 2.99. The average Bonchev–Trinajstić information content (AvgIpc) is 2.83. The number of carboxylic acid groups (broad SMARTS) is 1. The predicted octanol–water partition coefficient (Wildman–Crippen LogP) is 1.74. The maximum absolute atomic E-state index is 12.3. The quantitative estimate of drug-likeness (QED) is 0.899. The van der Waals surface area contributed by atoms with Crippen molar-refractivity contribution in [1.82, 2.24) is 4.68 Å². The lowest BCUT2D eigenvalue weighted by Gasteiger charge is -2.13. The van der Waals surface area contributed by atoms with Gasteiger partial charge in [-0.05, 0) is 49.2 Å². The molecule has 7 heteroatoms. The summed E-state index contributed by atoms with van der Waals surface area (Å²) in [5, 5.41) is 9.03. The molecule has 0 amide bonds. The van der Waals surface area contributed by atoms with Crippen molar-refractivity contribution < 1.29 is 18.3 Å². The molecular formula is C13H14N2O4S. The monoisotopic (exact) mass is 294 g/mol. The second-order valence-corrected chi connectivity index (χ2v) is 6.04. The van der Waals surface area contributed by atoms with Gasteiger partial charge in [-0.15, -0.1) is 0 Å². The van der Waals surface area contributed by atoms with Crippen LogP contribution in [-0.2, 0) is 10.0 Å². The van der Waals surface area contributed by atoms with Crippen LogP contribution in [0.5, 0.6) is 0 Å². The summed E-state index contributed by atoms with van der Waals surface area (Å²) in [6.07, 6.45) is 3.08. The Morgan fingerprint density at radius 2 is 1.80 bits per heavy atom. The zero-order chi connectivity index (χ0) is 14.9. The van der Waals surface area contributed by atoms with Gasteiger partial charge in [0.15, 0.2) is 0 Å². The maximum atomic E-state index is 12.3. The van der Waals surface area contributed by atoms with Crippen molar-refractivity contribution in [2.24, 2.45) is 0 Å². The van der Waals surface area contributed by atoms with Crippen LogP contribution in [-0.4, -0.2) is 24.2 Å². The number of carbonyl (C=O) groups is 1. The SMILES string of the molecule is Cc1cc(C(=O)O)cc(S(=O)(=O)Nn2cccc2)c1C. The number of hydrogen-bond acceptors (Lipinski definition) is 3. The van der Waals surface area contributed by atoms with Crippen LogP contribution in [0.15, 0.2) is 41.6 Å². The summed E-state index contributed by atoms with van der Waals surface area (Å²) in [5.41, 5.74) is 1.08. The van der Waals surface area contributed by atoms with E-state index in [9.17, 15) is 13.2 Å². The van der Waals surface area contributed by atoms with Gasteiger partial charge in [0.2, 0.25) is 0 Å². The van der Waals surface area contributed by atoms with E-state index in [0.717, 1.165) is 6.07 Å². The summed E-state index contributed by atoms with van der Waals surface area (Å²) in [6.45, 7) is 3.32. The highest BCUT2D eigenvalue weighted by atomic mass is 32.2. The molecule has 0 unspecified atom stereocenters. The van der Waals surface area contributed by atoms with E-state index in [2.05, 4.69) is 4.83 Å². The Bertz CT molecular complexity index is 749. The molecule has 0 spiro atoms. The first-order valence-electron chi connectivity index (χ1n) is 5.81. The molecule has 1 heterocycles. The fourth-order valence-corrected chi connectivity index (χ4v) is 3.16. The molecule has 0 aliphatic rings. The molecular weight excluding hydrogens is 280 g/mol. The highest BCUT2D eigenvalue weighted by Crippen LogP contribution is 2.21. The van der Waals surface area contributed by atoms with Crippen molar-refractivity contribution in [1.29, 1.82) is 0 Å². The molecule has 0 aliphatic heterocycles. The summed E-state index contributed by atoms with van der Waals surface area (Å²) >= 11 is 0. The molecule has 2 aromatic rings. The van der Waals surface area contributed by atoms with Crippen molar-refractivity contribution in [2.75, 3.05) is 4.83 Å². The fraction of sp³-hybridized carbons (Fsp3) is 0.154. The number of aromatic nitrogens is 1.